The van der Waals surface area contributed by atoms with Gasteiger partial charge in [-0.25, -0.2) is 0 Å². The van der Waals surface area contributed by atoms with Crippen molar-refractivity contribution in [3.63, 3.8) is 0 Å². The van der Waals surface area contributed by atoms with Crippen LogP contribution >= 0.6 is 0 Å². The highest BCUT2D eigenvalue weighted by molar-refractivity contribution is 5.47. The highest BCUT2D eigenvalue weighted by Crippen LogP contribution is 2.03. The van der Waals surface area contributed by atoms with Crippen molar-refractivity contribution in [2.75, 3.05) is 5.73 Å². The Labute approximate surface area is 60.9 Å². The summed E-state index contributed by atoms with van der Waals surface area (Å²) in [6.07, 6.45) is 0. The van der Waals surface area contributed by atoms with E-state index < -0.39 is 0 Å². The van der Waals surface area contributed by atoms with Gasteiger partial charge in [-0.3, -0.25) is 0 Å². The van der Waals surface area contributed by atoms with Crippen LogP contribution in [0.4, 0.5) is 5.69 Å². The maximum absolute atomic E-state index is 5.50. The molecule has 1 nitrogen and oxygen atoms in total. The summed E-state index contributed by atoms with van der Waals surface area (Å²) in [5.41, 5.74) is 7.15. The van der Waals surface area contributed by atoms with E-state index in [4.69, 9.17) is 5.73 Å². The first-order chi connectivity index (χ1) is 4.83. The van der Waals surface area contributed by atoms with Crippen molar-refractivity contribution in [1.82, 2.24) is 0 Å². The predicted octanol–water partition coefficient (Wildman–Crippen LogP) is 1.45. The van der Waals surface area contributed by atoms with Gasteiger partial charge in [-0.1, -0.05) is 17.9 Å². The molecule has 0 spiro atoms. The average Bonchev–Trinajstić information content (AvgIpc) is 1.88. The average molecular weight is 130 g/mol. The first-order valence-corrected chi connectivity index (χ1v) is 2.96. The Morgan fingerprint density at radius 1 is 1.40 bits per heavy atom. The molecule has 0 heterocycles. The monoisotopic (exact) mass is 130 g/mol. The lowest BCUT2D eigenvalue weighted by Gasteiger charge is -1.91. The summed E-state index contributed by atoms with van der Waals surface area (Å²) in [5.74, 6) is 5.36. The molecule has 0 aliphatic heterocycles. The minimum Gasteiger partial charge on any atom is -0.399 e. The molecule has 0 bridgehead atoms. The lowest BCUT2D eigenvalue weighted by atomic mass is 10.2. The van der Waals surface area contributed by atoms with Crippen molar-refractivity contribution in [3.05, 3.63) is 36.8 Å². The van der Waals surface area contributed by atoms with E-state index in [1.807, 2.05) is 24.3 Å². The Balaban J connectivity index is 3.03. The zero-order valence-electron chi connectivity index (χ0n) is 5.59. The van der Waals surface area contributed by atoms with Gasteiger partial charge in [-0.2, -0.15) is 0 Å². The second-order valence-electron chi connectivity index (χ2n) is 1.93. The first kappa shape index (κ1) is 6.70. The smallest absolute Gasteiger partial charge is 0.0326 e. The molecule has 0 aliphatic carbocycles. The van der Waals surface area contributed by atoms with Gasteiger partial charge in [0.1, 0.15) is 0 Å². The summed E-state index contributed by atoms with van der Waals surface area (Å²) < 4.78 is 0. The van der Waals surface area contributed by atoms with Crippen molar-refractivity contribution >= 4 is 5.69 Å². The van der Waals surface area contributed by atoms with Crippen LogP contribution in [0.5, 0.6) is 0 Å². The minimum atomic E-state index is 0.736. The van der Waals surface area contributed by atoms with E-state index in [0.29, 0.717) is 0 Å². The van der Waals surface area contributed by atoms with Crippen LogP contribution in [0, 0.1) is 18.8 Å². The molecule has 49 valence electrons. The Bertz CT molecular complexity index is 278. The zero-order valence-corrected chi connectivity index (χ0v) is 5.59. The van der Waals surface area contributed by atoms with Crippen molar-refractivity contribution < 1.29 is 0 Å². The van der Waals surface area contributed by atoms with Crippen molar-refractivity contribution in [2.45, 2.75) is 0 Å². The molecule has 1 aromatic carbocycles. The quantitative estimate of drug-likeness (QED) is 0.417. The molecule has 0 amide bonds. The van der Waals surface area contributed by atoms with Gasteiger partial charge in [-0.05, 0) is 18.2 Å². The van der Waals surface area contributed by atoms with Crippen LogP contribution in [0.15, 0.2) is 24.3 Å². The van der Waals surface area contributed by atoms with Gasteiger partial charge in [0.15, 0.2) is 0 Å². The van der Waals surface area contributed by atoms with E-state index in [0.717, 1.165) is 11.3 Å². The Kier molecular flexibility index (Phi) is 1.96. The topological polar surface area (TPSA) is 26.0 Å². The number of rotatable bonds is 0. The molecule has 10 heavy (non-hydrogen) atoms. The van der Waals surface area contributed by atoms with Crippen LogP contribution in [0.2, 0.25) is 0 Å². The molecular weight excluding hydrogens is 122 g/mol. The van der Waals surface area contributed by atoms with Crippen LogP contribution in [-0.4, -0.2) is 0 Å². The summed E-state index contributed by atoms with van der Waals surface area (Å²) in [4.78, 5) is 0. The fraction of sp³-hybridized carbons (Fsp3) is 0. The van der Waals surface area contributed by atoms with E-state index >= 15 is 0 Å². The van der Waals surface area contributed by atoms with E-state index in [9.17, 15) is 0 Å². The van der Waals surface area contributed by atoms with Crippen LogP contribution < -0.4 is 5.73 Å². The van der Waals surface area contributed by atoms with Crippen LogP contribution in [-0.2, 0) is 0 Å². The molecule has 0 saturated carbocycles. The third-order valence-electron chi connectivity index (χ3n) is 1.12. The van der Waals surface area contributed by atoms with Gasteiger partial charge >= 0.3 is 0 Å². The molecule has 1 rings (SSSR count). The number of hydrogen-bond donors (Lipinski definition) is 1. The zero-order chi connectivity index (χ0) is 7.40. The Hall–Kier alpha value is -1.42. The molecule has 0 atom stereocenters. The standard InChI is InChI=1S/C9H8N/c1-2-4-8-5-3-6-9(10)7-8/h3,5-7H,1,10H2. The van der Waals surface area contributed by atoms with Crippen LogP contribution in [0.1, 0.15) is 5.56 Å². The SMILES string of the molecule is [CH2]C#Cc1cccc(N)c1. The van der Waals surface area contributed by atoms with Gasteiger partial charge in [0.05, 0.1) is 0 Å². The second-order valence-corrected chi connectivity index (χ2v) is 1.93. The molecule has 0 aliphatic rings. The number of nitrogen functional groups attached to an aromatic ring is 1. The Morgan fingerprint density at radius 3 is 2.80 bits per heavy atom. The molecule has 0 saturated heterocycles. The third kappa shape index (κ3) is 1.53. The normalized spacial score (nSPS) is 8.10. The lowest BCUT2D eigenvalue weighted by molar-refractivity contribution is 1.63. The largest absolute Gasteiger partial charge is 0.399 e. The number of nitrogens with two attached hydrogens (primary N) is 1. The molecule has 1 radical (unpaired) electrons. The van der Waals surface area contributed by atoms with E-state index in [2.05, 4.69) is 18.8 Å². The second kappa shape index (κ2) is 2.93. The summed E-state index contributed by atoms with van der Waals surface area (Å²) >= 11 is 0. The van der Waals surface area contributed by atoms with Crippen molar-refractivity contribution in [1.29, 1.82) is 0 Å². The fourth-order valence-corrected chi connectivity index (χ4v) is 0.718. The van der Waals surface area contributed by atoms with Gasteiger partial charge in [0.2, 0.25) is 0 Å². The van der Waals surface area contributed by atoms with Crippen molar-refractivity contribution in [2.24, 2.45) is 0 Å². The maximum atomic E-state index is 5.50. The molecule has 1 heteroatoms. The molecule has 2 N–H and O–H groups in total. The number of hydrogen-bond acceptors (Lipinski definition) is 1. The molecule has 0 fully saturated rings. The highest BCUT2D eigenvalue weighted by atomic mass is 14.5. The maximum Gasteiger partial charge on any atom is 0.0326 e. The summed E-state index contributed by atoms with van der Waals surface area (Å²) in [7, 11) is 0. The molecule has 1 aromatic rings. The molecule has 0 unspecified atom stereocenters. The summed E-state index contributed by atoms with van der Waals surface area (Å²) in [5, 5.41) is 0. The number of benzene rings is 1. The minimum absolute atomic E-state index is 0.736. The lowest BCUT2D eigenvalue weighted by Crippen LogP contribution is -1.83. The third-order valence-corrected chi connectivity index (χ3v) is 1.12. The Morgan fingerprint density at radius 2 is 2.20 bits per heavy atom. The van der Waals surface area contributed by atoms with Crippen LogP contribution in [0.25, 0.3) is 0 Å². The van der Waals surface area contributed by atoms with Gasteiger partial charge < -0.3 is 5.73 Å². The van der Waals surface area contributed by atoms with E-state index in [1.165, 1.54) is 0 Å². The number of anilines is 1. The van der Waals surface area contributed by atoms with Gasteiger partial charge in [-0.15, -0.1) is 0 Å². The van der Waals surface area contributed by atoms with Gasteiger partial charge in [0.25, 0.3) is 0 Å². The van der Waals surface area contributed by atoms with Gasteiger partial charge in [0, 0.05) is 18.2 Å². The van der Waals surface area contributed by atoms with Crippen molar-refractivity contribution in [3.8, 4) is 11.8 Å². The van der Waals surface area contributed by atoms with E-state index in [-0.39, 0.29) is 0 Å². The van der Waals surface area contributed by atoms with E-state index in [1.54, 1.807) is 0 Å². The summed E-state index contributed by atoms with van der Waals surface area (Å²) in [6.45, 7) is 3.41. The van der Waals surface area contributed by atoms with Crippen LogP contribution in [0.3, 0.4) is 0 Å². The molecular formula is C9H8N. The molecule has 0 aromatic heterocycles. The fourth-order valence-electron chi connectivity index (χ4n) is 0.718. The highest BCUT2D eigenvalue weighted by Gasteiger charge is 1.84. The summed E-state index contributed by atoms with van der Waals surface area (Å²) in [6, 6.07) is 7.41. The first-order valence-electron chi connectivity index (χ1n) is 2.96. The predicted molar refractivity (Wildman–Crippen MR) is 43.1 cm³/mol.